The molecule has 3 nitrogen and oxygen atoms in total. The molecule has 1 amide bonds. The van der Waals surface area contributed by atoms with E-state index in [1.165, 1.54) is 25.7 Å². The van der Waals surface area contributed by atoms with Crippen molar-refractivity contribution in [2.45, 2.75) is 52.0 Å². The molecule has 1 fully saturated rings. The molecular weight excluding hydrogens is 200 g/mol. The summed E-state index contributed by atoms with van der Waals surface area (Å²) in [6, 6.07) is 0. The SMILES string of the molecule is CN(CC1CCCC1)C(=O)CNC(C)(C)C. The molecule has 0 atom stereocenters. The highest BCUT2D eigenvalue weighted by Crippen LogP contribution is 2.25. The molecule has 0 aliphatic heterocycles. The highest BCUT2D eigenvalue weighted by molar-refractivity contribution is 5.78. The van der Waals surface area contributed by atoms with Crippen molar-refractivity contribution in [1.82, 2.24) is 10.2 Å². The normalized spacial score (nSPS) is 17.8. The minimum atomic E-state index is 0.0177. The van der Waals surface area contributed by atoms with Crippen LogP contribution in [0.15, 0.2) is 0 Å². The molecule has 0 aromatic heterocycles. The summed E-state index contributed by atoms with van der Waals surface area (Å²) in [5, 5.41) is 3.24. The Kier molecular flexibility index (Phi) is 4.78. The fourth-order valence-electron chi connectivity index (χ4n) is 2.16. The summed E-state index contributed by atoms with van der Waals surface area (Å²) in [4.78, 5) is 13.7. The number of carbonyl (C=O) groups is 1. The van der Waals surface area contributed by atoms with Gasteiger partial charge in [-0.15, -0.1) is 0 Å². The minimum absolute atomic E-state index is 0.0177. The van der Waals surface area contributed by atoms with Crippen LogP contribution in [0, 0.1) is 5.92 Å². The molecule has 0 saturated heterocycles. The van der Waals surface area contributed by atoms with Crippen molar-refractivity contribution in [2.24, 2.45) is 5.92 Å². The maximum atomic E-state index is 11.8. The summed E-state index contributed by atoms with van der Waals surface area (Å²) in [5.41, 5.74) is 0.0177. The number of nitrogens with one attached hydrogen (secondary N) is 1. The van der Waals surface area contributed by atoms with Gasteiger partial charge >= 0.3 is 0 Å². The van der Waals surface area contributed by atoms with Gasteiger partial charge in [0, 0.05) is 19.1 Å². The van der Waals surface area contributed by atoms with E-state index in [1.807, 2.05) is 11.9 Å². The molecule has 3 heteroatoms. The summed E-state index contributed by atoms with van der Waals surface area (Å²) in [7, 11) is 1.92. The molecule has 0 heterocycles. The molecule has 1 saturated carbocycles. The molecule has 0 spiro atoms. The Bertz CT molecular complexity index is 227. The van der Waals surface area contributed by atoms with Gasteiger partial charge in [-0.3, -0.25) is 4.79 Å². The monoisotopic (exact) mass is 226 g/mol. The second-order valence-electron chi connectivity index (χ2n) is 6.03. The quantitative estimate of drug-likeness (QED) is 0.795. The van der Waals surface area contributed by atoms with Gasteiger partial charge in [0.1, 0.15) is 0 Å². The topological polar surface area (TPSA) is 32.3 Å². The third-order valence-corrected chi connectivity index (χ3v) is 3.20. The zero-order chi connectivity index (χ0) is 12.2. The summed E-state index contributed by atoms with van der Waals surface area (Å²) in [5.74, 6) is 0.949. The second-order valence-corrected chi connectivity index (χ2v) is 6.03. The van der Waals surface area contributed by atoms with Gasteiger partial charge in [-0.1, -0.05) is 12.8 Å². The van der Waals surface area contributed by atoms with Crippen molar-refractivity contribution in [1.29, 1.82) is 0 Å². The van der Waals surface area contributed by atoms with E-state index in [-0.39, 0.29) is 11.4 Å². The fraction of sp³-hybridized carbons (Fsp3) is 0.923. The van der Waals surface area contributed by atoms with Gasteiger partial charge in [-0.2, -0.15) is 0 Å². The molecule has 0 bridgehead atoms. The first-order valence-corrected chi connectivity index (χ1v) is 6.37. The van der Waals surface area contributed by atoms with Crippen molar-refractivity contribution in [3.05, 3.63) is 0 Å². The predicted octanol–water partition coefficient (Wildman–Crippen LogP) is 2.02. The number of rotatable bonds is 4. The molecule has 1 rings (SSSR count). The molecule has 1 N–H and O–H groups in total. The third-order valence-electron chi connectivity index (χ3n) is 3.20. The maximum absolute atomic E-state index is 11.8. The molecule has 1 aliphatic rings. The Hall–Kier alpha value is -0.570. The van der Waals surface area contributed by atoms with E-state index in [2.05, 4.69) is 26.1 Å². The molecule has 16 heavy (non-hydrogen) atoms. The zero-order valence-corrected chi connectivity index (χ0v) is 11.2. The number of hydrogen-bond acceptors (Lipinski definition) is 2. The van der Waals surface area contributed by atoms with Crippen LogP contribution in [0.1, 0.15) is 46.5 Å². The highest BCUT2D eigenvalue weighted by Gasteiger charge is 2.20. The largest absolute Gasteiger partial charge is 0.344 e. The van der Waals surface area contributed by atoms with Crippen molar-refractivity contribution < 1.29 is 4.79 Å². The van der Waals surface area contributed by atoms with E-state index in [4.69, 9.17) is 0 Å². The number of carbonyl (C=O) groups excluding carboxylic acids is 1. The first-order chi connectivity index (χ1) is 7.38. The Labute approximate surface area is 99.6 Å². The van der Waals surface area contributed by atoms with E-state index in [0.717, 1.165) is 12.5 Å². The average Bonchev–Trinajstić information content (AvgIpc) is 2.65. The Morgan fingerprint density at radius 2 is 1.88 bits per heavy atom. The van der Waals surface area contributed by atoms with Gasteiger partial charge in [-0.05, 0) is 39.5 Å². The molecular formula is C13H26N2O. The van der Waals surface area contributed by atoms with Gasteiger partial charge < -0.3 is 10.2 Å². The summed E-state index contributed by atoms with van der Waals surface area (Å²) in [6.07, 6.45) is 5.27. The smallest absolute Gasteiger partial charge is 0.236 e. The van der Waals surface area contributed by atoms with Gasteiger partial charge in [-0.25, -0.2) is 0 Å². The number of hydrogen-bond donors (Lipinski definition) is 1. The van der Waals surface area contributed by atoms with Crippen LogP contribution in [0.5, 0.6) is 0 Å². The van der Waals surface area contributed by atoms with Gasteiger partial charge in [0.2, 0.25) is 5.91 Å². The van der Waals surface area contributed by atoms with Crippen LogP contribution in [0.4, 0.5) is 0 Å². The second kappa shape index (κ2) is 5.67. The van der Waals surface area contributed by atoms with Crippen molar-refractivity contribution >= 4 is 5.91 Å². The third kappa shape index (κ3) is 4.97. The van der Waals surface area contributed by atoms with Crippen LogP contribution in [-0.4, -0.2) is 36.5 Å². The van der Waals surface area contributed by atoms with Gasteiger partial charge in [0.25, 0.3) is 0 Å². The molecule has 0 radical (unpaired) electrons. The summed E-state index contributed by atoms with van der Waals surface area (Å²) < 4.78 is 0. The summed E-state index contributed by atoms with van der Waals surface area (Å²) >= 11 is 0. The van der Waals surface area contributed by atoms with Crippen LogP contribution < -0.4 is 5.32 Å². The Morgan fingerprint density at radius 3 is 2.38 bits per heavy atom. The standard InChI is InChI=1S/C13H26N2O/c1-13(2,3)14-9-12(16)15(4)10-11-7-5-6-8-11/h11,14H,5-10H2,1-4H3. The lowest BCUT2D eigenvalue weighted by molar-refractivity contribution is -0.129. The molecule has 94 valence electrons. The number of nitrogens with zero attached hydrogens (tertiary/aromatic N) is 1. The first-order valence-electron chi connectivity index (χ1n) is 6.37. The van der Waals surface area contributed by atoms with Crippen LogP contribution in [0.3, 0.4) is 0 Å². The lowest BCUT2D eigenvalue weighted by Gasteiger charge is -2.25. The molecule has 0 aromatic carbocycles. The maximum Gasteiger partial charge on any atom is 0.236 e. The van der Waals surface area contributed by atoms with E-state index < -0.39 is 0 Å². The van der Waals surface area contributed by atoms with Crippen molar-refractivity contribution in [3.8, 4) is 0 Å². The fourth-order valence-corrected chi connectivity index (χ4v) is 2.16. The van der Waals surface area contributed by atoms with E-state index >= 15 is 0 Å². The van der Waals surface area contributed by atoms with Gasteiger partial charge in [0.15, 0.2) is 0 Å². The minimum Gasteiger partial charge on any atom is -0.344 e. The van der Waals surface area contributed by atoms with Crippen LogP contribution in [-0.2, 0) is 4.79 Å². The van der Waals surface area contributed by atoms with Crippen LogP contribution >= 0.6 is 0 Å². The first kappa shape index (κ1) is 13.5. The Balaban J connectivity index is 2.24. The zero-order valence-electron chi connectivity index (χ0n) is 11.2. The van der Waals surface area contributed by atoms with E-state index in [9.17, 15) is 4.79 Å². The van der Waals surface area contributed by atoms with Crippen molar-refractivity contribution in [2.75, 3.05) is 20.1 Å². The van der Waals surface area contributed by atoms with Crippen LogP contribution in [0.2, 0.25) is 0 Å². The average molecular weight is 226 g/mol. The lowest BCUT2D eigenvalue weighted by atomic mass is 10.1. The molecule has 0 unspecified atom stereocenters. The lowest BCUT2D eigenvalue weighted by Crippen LogP contribution is -2.44. The predicted molar refractivity (Wildman–Crippen MR) is 67.4 cm³/mol. The van der Waals surface area contributed by atoms with Crippen LogP contribution in [0.25, 0.3) is 0 Å². The molecule has 0 aromatic rings. The summed E-state index contributed by atoms with van der Waals surface area (Å²) in [6.45, 7) is 7.63. The van der Waals surface area contributed by atoms with Gasteiger partial charge in [0.05, 0.1) is 6.54 Å². The highest BCUT2D eigenvalue weighted by atomic mass is 16.2. The number of amides is 1. The Morgan fingerprint density at radius 1 is 1.31 bits per heavy atom. The van der Waals surface area contributed by atoms with E-state index in [1.54, 1.807) is 0 Å². The molecule has 1 aliphatic carbocycles. The number of likely N-dealkylation sites (N-methyl/N-ethyl adjacent to an activating group) is 1. The van der Waals surface area contributed by atoms with Crippen molar-refractivity contribution in [3.63, 3.8) is 0 Å². The van der Waals surface area contributed by atoms with E-state index in [0.29, 0.717) is 6.54 Å².